The maximum Gasteiger partial charge on any atom is 0.256 e. The van der Waals surface area contributed by atoms with Crippen LogP contribution in [0.2, 0.25) is 0 Å². The number of carbonyl (C=O) groups is 1. The Bertz CT molecular complexity index is 1570. The van der Waals surface area contributed by atoms with Crippen LogP contribution in [0.4, 0.5) is 20.5 Å². The number of hydrogen-bond donors (Lipinski definition) is 1. The molecule has 5 heterocycles. The summed E-state index contributed by atoms with van der Waals surface area (Å²) in [6, 6.07) is 6.86. The topological polar surface area (TPSA) is 92.1 Å². The third-order valence-electron chi connectivity index (χ3n) is 7.95. The van der Waals surface area contributed by atoms with Gasteiger partial charge in [-0.2, -0.15) is 0 Å². The van der Waals surface area contributed by atoms with Gasteiger partial charge in [0.1, 0.15) is 22.9 Å². The Morgan fingerprint density at radius 3 is 2.45 bits per heavy atom. The van der Waals surface area contributed by atoms with Crippen molar-refractivity contribution in [3.63, 3.8) is 0 Å². The number of aromatic nitrogens is 5. The van der Waals surface area contributed by atoms with E-state index in [9.17, 15) is 13.6 Å². The minimum atomic E-state index is -0.677. The molecule has 1 amide bonds. The summed E-state index contributed by atoms with van der Waals surface area (Å²) in [4.78, 5) is 34.8. The summed E-state index contributed by atoms with van der Waals surface area (Å²) in [6.45, 7) is 10.7. The summed E-state index contributed by atoms with van der Waals surface area (Å²) in [5.41, 5.74) is 1.57. The molecule has 0 saturated carbocycles. The number of likely N-dealkylation sites (N-methyl/N-ethyl adjacent to an activating group) is 1. The van der Waals surface area contributed by atoms with E-state index < -0.39 is 11.6 Å². The lowest BCUT2D eigenvalue weighted by Gasteiger charge is -2.40. The number of aryl methyl sites for hydroxylation is 1. The molecule has 9 nitrogen and oxygen atoms in total. The number of halogens is 2. The molecule has 2 fully saturated rings. The number of anilines is 2. The van der Waals surface area contributed by atoms with Gasteiger partial charge in [0.2, 0.25) is 5.95 Å². The number of imidazole rings is 1. The van der Waals surface area contributed by atoms with Crippen LogP contribution in [-0.4, -0.2) is 71.9 Å². The van der Waals surface area contributed by atoms with Crippen molar-refractivity contribution < 1.29 is 13.6 Å². The van der Waals surface area contributed by atoms with Gasteiger partial charge in [-0.15, -0.1) is 0 Å². The first-order chi connectivity index (χ1) is 19.2. The van der Waals surface area contributed by atoms with Crippen molar-refractivity contribution in [3.05, 3.63) is 59.7 Å². The Kier molecular flexibility index (Phi) is 6.69. The number of benzene rings is 1. The quantitative estimate of drug-likeness (QED) is 0.359. The number of hydrogen-bond acceptors (Lipinski definition) is 7. The Hall–Kier alpha value is -3.99. The minimum Gasteiger partial charge on any atom is -0.330 e. The first-order valence-corrected chi connectivity index (χ1v) is 13.7. The molecule has 208 valence electrons. The smallest absolute Gasteiger partial charge is 0.256 e. The fourth-order valence-corrected chi connectivity index (χ4v) is 6.13. The average molecular weight is 547 g/mol. The summed E-state index contributed by atoms with van der Waals surface area (Å²) in [7, 11) is 0. The van der Waals surface area contributed by atoms with Gasteiger partial charge in [-0.05, 0) is 64.4 Å². The normalized spacial score (nSPS) is 19.1. The van der Waals surface area contributed by atoms with E-state index in [4.69, 9.17) is 0 Å². The Morgan fingerprint density at radius 1 is 1.05 bits per heavy atom. The number of rotatable bonds is 6. The molecule has 2 saturated heterocycles. The first kappa shape index (κ1) is 26.2. The second-order valence-electron chi connectivity index (χ2n) is 10.8. The van der Waals surface area contributed by atoms with Gasteiger partial charge in [0.25, 0.3) is 5.91 Å². The van der Waals surface area contributed by atoms with Crippen molar-refractivity contribution in [2.45, 2.75) is 58.7 Å². The number of fused-ring (bicyclic) bond motifs is 3. The summed E-state index contributed by atoms with van der Waals surface area (Å²) >= 11 is 0. The monoisotopic (exact) mass is 546 g/mol. The number of amides is 1. The SMILES string of the molecule is CCN1CC2CCC(C1)N2C(=O)c1ccc(Nc2ncc(F)c(-c3cc(F)c4nc(C)n(C(C)C)c4c3)n2)nc1. The van der Waals surface area contributed by atoms with Crippen molar-refractivity contribution in [1.29, 1.82) is 0 Å². The van der Waals surface area contributed by atoms with Crippen LogP contribution in [0.3, 0.4) is 0 Å². The Labute approximate surface area is 231 Å². The highest BCUT2D eigenvalue weighted by atomic mass is 19.1. The van der Waals surface area contributed by atoms with Gasteiger partial charge in [-0.1, -0.05) is 6.92 Å². The van der Waals surface area contributed by atoms with Crippen molar-refractivity contribution in [2.24, 2.45) is 0 Å². The van der Waals surface area contributed by atoms with Crippen molar-refractivity contribution >= 4 is 28.7 Å². The molecule has 2 unspecified atom stereocenters. The van der Waals surface area contributed by atoms with Crippen molar-refractivity contribution in [1.82, 2.24) is 34.3 Å². The summed E-state index contributed by atoms with van der Waals surface area (Å²) in [5.74, 6) is -0.0440. The molecule has 2 atom stereocenters. The molecule has 0 spiro atoms. The number of nitrogens with zero attached hydrogens (tertiary/aromatic N) is 7. The molecule has 40 heavy (non-hydrogen) atoms. The number of nitrogens with one attached hydrogen (secondary N) is 1. The molecule has 6 rings (SSSR count). The molecule has 4 aromatic rings. The fraction of sp³-hybridized carbons (Fsp3) is 0.414. The van der Waals surface area contributed by atoms with E-state index in [1.54, 1.807) is 24.4 Å². The maximum absolute atomic E-state index is 15.0. The number of carbonyl (C=O) groups excluding carboxylic acids is 1. The lowest BCUT2D eigenvalue weighted by atomic mass is 10.1. The molecule has 0 radical (unpaired) electrons. The van der Waals surface area contributed by atoms with Gasteiger partial charge in [-0.3, -0.25) is 9.69 Å². The van der Waals surface area contributed by atoms with Crippen LogP contribution in [0.25, 0.3) is 22.3 Å². The van der Waals surface area contributed by atoms with Gasteiger partial charge in [0.15, 0.2) is 11.6 Å². The predicted molar refractivity (Wildman–Crippen MR) is 148 cm³/mol. The van der Waals surface area contributed by atoms with E-state index in [0.29, 0.717) is 22.7 Å². The maximum atomic E-state index is 15.0. The molecule has 2 bridgehead atoms. The third kappa shape index (κ3) is 4.57. The summed E-state index contributed by atoms with van der Waals surface area (Å²) in [6.07, 6.45) is 4.64. The van der Waals surface area contributed by atoms with E-state index in [-0.39, 0.29) is 46.8 Å². The lowest BCUT2D eigenvalue weighted by Crippen LogP contribution is -2.55. The van der Waals surface area contributed by atoms with Gasteiger partial charge < -0.3 is 14.8 Å². The van der Waals surface area contributed by atoms with Gasteiger partial charge in [0.05, 0.1) is 17.3 Å². The largest absolute Gasteiger partial charge is 0.330 e. The van der Waals surface area contributed by atoms with Crippen LogP contribution in [-0.2, 0) is 0 Å². The van der Waals surface area contributed by atoms with Crippen molar-refractivity contribution in [2.75, 3.05) is 25.0 Å². The van der Waals surface area contributed by atoms with E-state index in [1.807, 2.05) is 30.2 Å². The van der Waals surface area contributed by atoms with Gasteiger partial charge >= 0.3 is 0 Å². The molecule has 1 aromatic carbocycles. The van der Waals surface area contributed by atoms with E-state index in [1.165, 1.54) is 6.07 Å². The highest BCUT2D eigenvalue weighted by molar-refractivity contribution is 5.95. The number of pyridine rings is 1. The number of piperazine rings is 1. The minimum absolute atomic E-state index is 0.00378. The number of likely N-dealkylation sites (tertiary alicyclic amines) is 1. The zero-order valence-electron chi connectivity index (χ0n) is 23.0. The first-order valence-electron chi connectivity index (χ1n) is 13.7. The molecule has 0 aliphatic carbocycles. The van der Waals surface area contributed by atoms with E-state index >= 15 is 0 Å². The van der Waals surface area contributed by atoms with Crippen LogP contribution in [0, 0.1) is 18.6 Å². The van der Waals surface area contributed by atoms with Gasteiger partial charge in [0, 0.05) is 43.0 Å². The summed E-state index contributed by atoms with van der Waals surface area (Å²) in [5, 5.41) is 2.97. The highest BCUT2D eigenvalue weighted by Crippen LogP contribution is 2.32. The van der Waals surface area contributed by atoms with Crippen LogP contribution < -0.4 is 5.32 Å². The van der Waals surface area contributed by atoms with Crippen LogP contribution in [0.15, 0.2) is 36.7 Å². The third-order valence-corrected chi connectivity index (χ3v) is 7.95. The molecule has 1 N–H and O–H groups in total. The van der Waals surface area contributed by atoms with E-state index in [0.717, 1.165) is 38.7 Å². The van der Waals surface area contributed by atoms with E-state index in [2.05, 4.69) is 37.1 Å². The fourth-order valence-electron chi connectivity index (χ4n) is 6.13. The standard InChI is InChI=1S/C29H32F2N8O/c1-5-37-14-20-7-8-21(15-37)39(20)28(40)18-6-9-25(32-12-18)35-29-33-13-23(31)26(36-29)19-10-22(30)27-24(11-19)38(16(2)3)17(4)34-27/h6,9-13,16,20-21H,5,7-8,14-15H2,1-4H3,(H,32,33,35,36). The molecule has 2 aliphatic rings. The Morgan fingerprint density at radius 2 is 1.80 bits per heavy atom. The average Bonchev–Trinajstić information content (AvgIpc) is 3.42. The zero-order chi connectivity index (χ0) is 28.1. The molecule has 3 aromatic heterocycles. The van der Waals surface area contributed by atoms with Crippen molar-refractivity contribution in [3.8, 4) is 11.3 Å². The van der Waals surface area contributed by atoms with Crippen LogP contribution >= 0.6 is 0 Å². The highest BCUT2D eigenvalue weighted by Gasteiger charge is 2.42. The predicted octanol–water partition coefficient (Wildman–Crippen LogP) is 5.11. The molecule has 11 heteroatoms. The second-order valence-corrected chi connectivity index (χ2v) is 10.8. The van der Waals surface area contributed by atoms with Crippen LogP contribution in [0.5, 0.6) is 0 Å². The van der Waals surface area contributed by atoms with Crippen LogP contribution in [0.1, 0.15) is 55.8 Å². The molecular formula is C29H32F2N8O. The Balaban J connectivity index is 1.23. The zero-order valence-corrected chi connectivity index (χ0v) is 23.0. The van der Waals surface area contributed by atoms with Gasteiger partial charge in [-0.25, -0.2) is 28.7 Å². The molecular weight excluding hydrogens is 514 g/mol. The summed E-state index contributed by atoms with van der Waals surface area (Å²) < 4.78 is 31.8. The lowest BCUT2D eigenvalue weighted by molar-refractivity contribution is 0.0433. The second kappa shape index (κ2) is 10.2. The molecule has 2 aliphatic heterocycles.